The first-order chi connectivity index (χ1) is 7.15. The molecule has 1 rings (SSSR count). The molecule has 0 aromatic heterocycles. The van der Waals surface area contributed by atoms with Gasteiger partial charge in [-0.3, -0.25) is 0 Å². The number of hydrogen-bond donors (Lipinski definition) is 1. The first kappa shape index (κ1) is 15.7. The van der Waals surface area contributed by atoms with Gasteiger partial charge in [0.2, 0.25) is 0 Å². The summed E-state index contributed by atoms with van der Waals surface area (Å²) in [5, 5.41) is 0.151. The maximum absolute atomic E-state index is 12.9. The van der Waals surface area contributed by atoms with Gasteiger partial charge >= 0.3 is 0 Å². The maximum Gasteiger partial charge on any atom is 0.141 e. The zero-order valence-electron chi connectivity index (χ0n) is 9.38. The van der Waals surface area contributed by atoms with Crippen LogP contribution in [0.1, 0.15) is 44.2 Å². The highest BCUT2D eigenvalue weighted by molar-refractivity contribution is 6.30. The lowest BCUT2D eigenvalue weighted by Gasteiger charge is -2.12. The van der Waals surface area contributed by atoms with Gasteiger partial charge in [-0.25, -0.2) is 4.39 Å². The van der Waals surface area contributed by atoms with E-state index in [1.165, 1.54) is 18.9 Å². The summed E-state index contributed by atoms with van der Waals surface area (Å²) in [7, 11) is 0. The van der Waals surface area contributed by atoms with Crippen molar-refractivity contribution in [3.05, 3.63) is 34.6 Å². The standard InChI is InChI=1S/C12H17ClFN.ClH/c1-2-3-4-5-12(15)9-6-7-11(14)10(13)8-9;/h6-8,12H,2-5,15H2,1H3;1H/t12-;/m0./s1. The van der Waals surface area contributed by atoms with Crippen molar-refractivity contribution < 1.29 is 4.39 Å². The van der Waals surface area contributed by atoms with Gasteiger partial charge in [0, 0.05) is 6.04 Å². The molecule has 1 atom stereocenters. The van der Waals surface area contributed by atoms with E-state index in [2.05, 4.69) is 6.92 Å². The van der Waals surface area contributed by atoms with E-state index in [-0.39, 0.29) is 29.3 Å². The van der Waals surface area contributed by atoms with E-state index < -0.39 is 0 Å². The second-order valence-electron chi connectivity index (χ2n) is 3.78. The van der Waals surface area contributed by atoms with E-state index in [4.69, 9.17) is 17.3 Å². The largest absolute Gasteiger partial charge is 0.324 e. The lowest BCUT2D eigenvalue weighted by molar-refractivity contribution is 0.578. The predicted molar refractivity (Wildman–Crippen MR) is 69.7 cm³/mol. The second-order valence-corrected chi connectivity index (χ2v) is 4.18. The molecular weight excluding hydrogens is 248 g/mol. The molecule has 0 amide bonds. The molecule has 92 valence electrons. The Bertz CT molecular complexity index is 318. The van der Waals surface area contributed by atoms with Gasteiger partial charge in [0.25, 0.3) is 0 Å². The third-order valence-electron chi connectivity index (χ3n) is 2.49. The maximum atomic E-state index is 12.9. The molecule has 0 bridgehead atoms. The highest BCUT2D eigenvalue weighted by Gasteiger charge is 2.08. The molecule has 0 radical (unpaired) electrons. The summed E-state index contributed by atoms with van der Waals surface area (Å²) < 4.78 is 12.9. The van der Waals surface area contributed by atoms with E-state index in [1.54, 1.807) is 12.1 Å². The summed E-state index contributed by atoms with van der Waals surface area (Å²) in [6.45, 7) is 2.15. The molecule has 0 unspecified atom stereocenters. The minimum absolute atomic E-state index is 0. The molecule has 0 aliphatic heterocycles. The van der Waals surface area contributed by atoms with Crippen LogP contribution >= 0.6 is 24.0 Å². The lowest BCUT2D eigenvalue weighted by atomic mass is 10.0. The third-order valence-corrected chi connectivity index (χ3v) is 2.78. The van der Waals surface area contributed by atoms with Crippen LogP contribution in [0, 0.1) is 5.82 Å². The second kappa shape index (κ2) is 7.88. The summed E-state index contributed by atoms with van der Waals surface area (Å²) >= 11 is 5.69. The van der Waals surface area contributed by atoms with Gasteiger partial charge in [0.1, 0.15) is 5.82 Å². The zero-order valence-corrected chi connectivity index (χ0v) is 11.0. The van der Waals surface area contributed by atoms with Crippen molar-refractivity contribution >= 4 is 24.0 Å². The van der Waals surface area contributed by atoms with Gasteiger partial charge in [-0.1, -0.05) is 43.9 Å². The summed E-state index contributed by atoms with van der Waals surface area (Å²) in [6.07, 6.45) is 4.39. The number of unbranched alkanes of at least 4 members (excludes halogenated alkanes) is 2. The Morgan fingerprint density at radius 1 is 1.38 bits per heavy atom. The van der Waals surface area contributed by atoms with Gasteiger partial charge in [-0.2, -0.15) is 0 Å². The van der Waals surface area contributed by atoms with Crippen LogP contribution in [-0.4, -0.2) is 0 Å². The topological polar surface area (TPSA) is 26.0 Å². The number of nitrogens with two attached hydrogens (primary N) is 1. The quantitative estimate of drug-likeness (QED) is 0.781. The fourth-order valence-electron chi connectivity index (χ4n) is 1.52. The Morgan fingerprint density at radius 3 is 2.62 bits per heavy atom. The monoisotopic (exact) mass is 265 g/mol. The summed E-state index contributed by atoms with van der Waals surface area (Å²) in [5.74, 6) is -0.388. The Labute approximate surface area is 108 Å². The molecule has 0 saturated heterocycles. The van der Waals surface area contributed by atoms with Crippen LogP contribution in [-0.2, 0) is 0 Å². The van der Waals surface area contributed by atoms with E-state index in [9.17, 15) is 4.39 Å². The van der Waals surface area contributed by atoms with Gasteiger partial charge in [0.15, 0.2) is 0 Å². The smallest absolute Gasteiger partial charge is 0.141 e. The average molecular weight is 266 g/mol. The van der Waals surface area contributed by atoms with Crippen LogP contribution in [0.25, 0.3) is 0 Å². The van der Waals surface area contributed by atoms with Crippen LogP contribution in [0.3, 0.4) is 0 Å². The Balaban J connectivity index is 0.00000225. The summed E-state index contributed by atoms with van der Waals surface area (Å²) in [4.78, 5) is 0. The molecule has 1 aromatic rings. The van der Waals surface area contributed by atoms with Crippen LogP contribution in [0.4, 0.5) is 4.39 Å². The van der Waals surface area contributed by atoms with Crippen molar-refractivity contribution in [3.63, 3.8) is 0 Å². The fraction of sp³-hybridized carbons (Fsp3) is 0.500. The van der Waals surface area contributed by atoms with Crippen molar-refractivity contribution in [2.75, 3.05) is 0 Å². The van der Waals surface area contributed by atoms with E-state index in [1.807, 2.05) is 0 Å². The summed E-state index contributed by atoms with van der Waals surface area (Å²) in [6, 6.07) is 4.66. The van der Waals surface area contributed by atoms with Crippen molar-refractivity contribution in [1.82, 2.24) is 0 Å². The molecule has 1 aromatic carbocycles. The molecule has 2 N–H and O–H groups in total. The number of rotatable bonds is 5. The molecule has 0 aliphatic rings. The Kier molecular flexibility index (Phi) is 7.73. The van der Waals surface area contributed by atoms with Crippen molar-refractivity contribution in [1.29, 1.82) is 0 Å². The summed E-state index contributed by atoms with van der Waals surface area (Å²) in [5.41, 5.74) is 6.89. The molecule has 0 aliphatic carbocycles. The van der Waals surface area contributed by atoms with Crippen LogP contribution < -0.4 is 5.73 Å². The zero-order chi connectivity index (χ0) is 11.3. The van der Waals surface area contributed by atoms with Crippen LogP contribution in [0.2, 0.25) is 5.02 Å². The Hall–Kier alpha value is -0.310. The number of halogens is 3. The molecule has 0 saturated carbocycles. The highest BCUT2D eigenvalue weighted by Crippen LogP contribution is 2.22. The molecule has 0 heterocycles. The van der Waals surface area contributed by atoms with Crippen LogP contribution in [0.15, 0.2) is 18.2 Å². The minimum Gasteiger partial charge on any atom is -0.324 e. The first-order valence-corrected chi connectivity index (χ1v) is 5.73. The number of benzene rings is 1. The highest BCUT2D eigenvalue weighted by atomic mass is 35.5. The minimum atomic E-state index is -0.388. The molecular formula is C12H18Cl2FN. The van der Waals surface area contributed by atoms with Gasteiger partial charge in [-0.05, 0) is 24.1 Å². The molecule has 1 nitrogen and oxygen atoms in total. The average Bonchev–Trinajstić information content (AvgIpc) is 2.22. The van der Waals surface area contributed by atoms with Gasteiger partial charge in [-0.15, -0.1) is 12.4 Å². The SMILES string of the molecule is CCCCC[C@H](N)c1ccc(F)c(Cl)c1.Cl. The molecule has 0 fully saturated rings. The lowest BCUT2D eigenvalue weighted by Crippen LogP contribution is -2.10. The molecule has 16 heavy (non-hydrogen) atoms. The van der Waals surface area contributed by atoms with Crippen molar-refractivity contribution in [3.8, 4) is 0 Å². The van der Waals surface area contributed by atoms with Gasteiger partial charge < -0.3 is 5.73 Å². The number of hydrogen-bond acceptors (Lipinski definition) is 1. The Morgan fingerprint density at radius 2 is 2.06 bits per heavy atom. The van der Waals surface area contributed by atoms with Crippen molar-refractivity contribution in [2.24, 2.45) is 5.73 Å². The molecule has 4 heteroatoms. The van der Waals surface area contributed by atoms with Gasteiger partial charge in [0.05, 0.1) is 5.02 Å². The predicted octanol–water partition coefficient (Wildman–Crippen LogP) is 4.48. The first-order valence-electron chi connectivity index (χ1n) is 5.35. The fourth-order valence-corrected chi connectivity index (χ4v) is 1.71. The van der Waals surface area contributed by atoms with E-state index >= 15 is 0 Å². The van der Waals surface area contributed by atoms with Crippen molar-refractivity contribution in [2.45, 2.75) is 38.6 Å². The third kappa shape index (κ3) is 4.69. The van der Waals surface area contributed by atoms with Crippen LogP contribution in [0.5, 0.6) is 0 Å². The van der Waals surface area contributed by atoms with E-state index in [0.29, 0.717) is 0 Å². The molecule has 0 spiro atoms. The van der Waals surface area contributed by atoms with E-state index in [0.717, 1.165) is 18.4 Å². The normalized spacial score (nSPS) is 12.0.